The minimum atomic E-state index is -0.203. The zero-order valence-electron chi connectivity index (χ0n) is 9.76. The lowest BCUT2D eigenvalue weighted by atomic mass is 10.1. The predicted molar refractivity (Wildman–Crippen MR) is 81.6 cm³/mol. The van der Waals surface area contributed by atoms with Crippen molar-refractivity contribution in [1.29, 1.82) is 0 Å². The van der Waals surface area contributed by atoms with Gasteiger partial charge in [0.2, 0.25) is 5.88 Å². The van der Waals surface area contributed by atoms with Gasteiger partial charge >= 0.3 is 0 Å². The zero-order chi connectivity index (χ0) is 13.2. The van der Waals surface area contributed by atoms with E-state index in [0.29, 0.717) is 15.2 Å². The van der Waals surface area contributed by atoms with Gasteiger partial charge in [-0.1, -0.05) is 36.4 Å². The normalized spacial score (nSPS) is 10.6. The number of fused-ring (bicyclic) bond motifs is 1. The molecule has 3 aromatic rings. The monoisotopic (exact) mass is 364 g/mol. The van der Waals surface area contributed by atoms with Gasteiger partial charge in [0.15, 0.2) is 0 Å². The van der Waals surface area contributed by atoms with E-state index >= 15 is 0 Å². The Hall–Kier alpha value is -1.89. The first-order valence-electron chi connectivity index (χ1n) is 5.64. The number of ether oxygens (including phenoxy) is 1. The summed E-state index contributed by atoms with van der Waals surface area (Å²) in [6, 6.07) is 13.7. The van der Waals surface area contributed by atoms with Crippen molar-refractivity contribution < 1.29 is 4.74 Å². The number of aromatic nitrogens is 2. The van der Waals surface area contributed by atoms with E-state index in [1.54, 1.807) is 0 Å². The maximum atomic E-state index is 11.5. The molecule has 0 unspecified atom stereocenters. The molecule has 4 nitrogen and oxygen atoms in total. The number of hydrogen-bond acceptors (Lipinski definition) is 3. The molecule has 0 bridgehead atoms. The van der Waals surface area contributed by atoms with Crippen LogP contribution in [0.15, 0.2) is 53.6 Å². The Morgan fingerprint density at radius 3 is 2.79 bits per heavy atom. The molecule has 0 amide bonds. The summed E-state index contributed by atoms with van der Waals surface area (Å²) in [7, 11) is 0. The van der Waals surface area contributed by atoms with Crippen molar-refractivity contribution in [2.24, 2.45) is 0 Å². The van der Waals surface area contributed by atoms with Crippen molar-refractivity contribution in [3.63, 3.8) is 0 Å². The van der Waals surface area contributed by atoms with Gasteiger partial charge in [-0.2, -0.15) is 0 Å². The number of halogens is 1. The Morgan fingerprint density at radius 1 is 1.11 bits per heavy atom. The molecule has 0 spiro atoms. The molecule has 0 atom stereocenters. The summed E-state index contributed by atoms with van der Waals surface area (Å²) in [6.07, 6.45) is 1.34. The summed E-state index contributed by atoms with van der Waals surface area (Å²) < 4.78 is 6.20. The smallest absolute Gasteiger partial charge is 0.268 e. The Balaban J connectivity index is 2.11. The highest BCUT2D eigenvalue weighted by Crippen LogP contribution is 2.29. The molecule has 1 heterocycles. The molecule has 0 fully saturated rings. The van der Waals surface area contributed by atoms with Crippen molar-refractivity contribution in [3.8, 4) is 11.6 Å². The van der Waals surface area contributed by atoms with Gasteiger partial charge in [0.25, 0.3) is 5.56 Å². The maximum absolute atomic E-state index is 11.5. The fourth-order valence-electron chi connectivity index (χ4n) is 1.83. The molecule has 0 aliphatic rings. The van der Waals surface area contributed by atoms with Gasteiger partial charge in [0, 0.05) is 5.39 Å². The van der Waals surface area contributed by atoms with Gasteiger partial charge in [-0.15, -0.1) is 0 Å². The van der Waals surface area contributed by atoms with E-state index in [2.05, 4.69) is 9.97 Å². The van der Waals surface area contributed by atoms with Crippen LogP contribution in [0.1, 0.15) is 0 Å². The van der Waals surface area contributed by atoms with Crippen molar-refractivity contribution in [3.05, 3.63) is 62.7 Å². The molecule has 5 heteroatoms. The van der Waals surface area contributed by atoms with E-state index < -0.39 is 0 Å². The number of H-pyrrole nitrogens is 1. The van der Waals surface area contributed by atoms with E-state index in [1.165, 1.54) is 6.33 Å². The second kappa shape index (κ2) is 5.00. The minimum Gasteiger partial charge on any atom is -0.437 e. The van der Waals surface area contributed by atoms with E-state index in [0.717, 1.165) is 10.8 Å². The third kappa shape index (κ3) is 2.33. The fourth-order valence-corrected chi connectivity index (χ4v) is 2.23. The molecule has 0 radical (unpaired) electrons. The van der Waals surface area contributed by atoms with Crippen LogP contribution < -0.4 is 10.3 Å². The van der Waals surface area contributed by atoms with Gasteiger partial charge in [-0.25, -0.2) is 4.98 Å². The Bertz CT molecular complexity index is 793. The largest absolute Gasteiger partial charge is 0.437 e. The topological polar surface area (TPSA) is 55.0 Å². The average Bonchev–Trinajstić information content (AvgIpc) is 2.44. The zero-order valence-corrected chi connectivity index (χ0v) is 11.9. The van der Waals surface area contributed by atoms with Gasteiger partial charge in [-0.3, -0.25) is 4.79 Å². The Kier molecular flexibility index (Phi) is 3.20. The molecular weight excluding hydrogens is 355 g/mol. The fraction of sp³-hybridized carbons (Fsp3) is 0. The average molecular weight is 364 g/mol. The van der Waals surface area contributed by atoms with Gasteiger partial charge in [0.1, 0.15) is 9.32 Å². The first kappa shape index (κ1) is 12.2. The van der Waals surface area contributed by atoms with Crippen molar-refractivity contribution in [1.82, 2.24) is 9.97 Å². The number of aromatic amines is 1. The standard InChI is InChI=1S/C14H9IN2O2/c15-12-13(18)16-8-17-14(12)19-11-7-3-5-9-4-1-2-6-10(9)11/h1-8H,(H,16,17,18). The number of benzene rings is 2. The highest BCUT2D eigenvalue weighted by molar-refractivity contribution is 14.1. The molecule has 1 aromatic heterocycles. The molecule has 3 rings (SSSR count). The summed E-state index contributed by atoms with van der Waals surface area (Å²) in [5, 5.41) is 2.07. The SMILES string of the molecule is O=c1[nH]cnc(Oc2cccc3ccccc23)c1I. The number of nitrogens with one attached hydrogen (secondary N) is 1. The van der Waals surface area contributed by atoms with Gasteiger partial charge in [0.05, 0.1) is 6.33 Å². The highest BCUT2D eigenvalue weighted by atomic mass is 127. The van der Waals surface area contributed by atoms with E-state index in [9.17, 15) is 4.79 Å². The van der Waals surface area contributed by atoms with E-state index in [1.807, 2.05) is 65.1 Å². The van der Waals surface area contributed by atoms with Crippen molar-refractivity contribution in [2.45, 2.75) is 0 Å². The number of nitrogens with zero attached hydrogens (tertiary/aromatic N) is 1. The second-order valence-corrected chi connectivity index (χ2v) is 5.01. The second-order valence-electron chi connectivity index (χ2n) is 3.93. The first-order chi connectivity index (χ1) is 9.25. The molecule has 0 aliphatic carbocycles. The van der Waals surface area contributed by atoms with Crippen LogP contribution >= 0.6 is 22.6 Å². The third-order valence-corrected chi connectivity index (χ3v) is 3.67. The van der Waals surface area contributed by atoms with Crippen molar-refractivity contribution in [2.75, 3.05) is 0 Å². The highest BCUT2D eigenvalue weighted by Gasteiger charge is 2.09. The molecule has 2 aromatic carbocycles. The van der Waals surface area contributed by atoms with Crippen LogP contribution in [0.25, 0.3) is 10.8 Å². The van der Waals surface area contributed by atoms with Crippen LogP contribution in [0.2, 0.25) is 0 Å². The van der Waals surface area contributed by atoms with Crippen molar-refractivity contribution >= 4 is 33.4 Å². The molecule has 94 valence electrons. The summed E-state index contributed by atoms with van der Waals surface area (Å²) in [4.78, 5) is 18.1. The number of rotatable bonds is 2. The van der Waals surface area contributed by atoms with Crippen LogP contribution in [0, 0.1) is 3.57 Å². The third-order valence-electron chi connectivity index (χ3n) is 2.72. The van der Waals surface area contributed by atoms with Crippen LogP contribution in [0.3, 0.4) is 0 Å². The molecule has 0 saturated carbocycles. The maximum Gasteiger partial charge on any atom is 0.268 e. The Morgan fingerprint density at radius 2 is 1.89 bits per heavy atom. The summed E-state index contributed by atoms with van der Waals surface area (Å²) in [6.45, 7) is 0. The first-order valence-corrected chi connectivity index (χ1v) is 6.72. The summed E-state index contributed by atoms with van der Waals surface area (Å²) >= 11 is 1.92. The van der Waals surface area contributed by atoms with Crippen LogP contribution in [-0.4, -0.2) is 9.97 Å². The number of hydrogen-bond donors (Lipinski definition) is 1. The summed E-state index contributed by atoms with van der Waals surface area (Å²) in [5.41, 5.74) is -0.203. The molecule has 19 heavy (non-hydrogen) atoms. The molecule has 0 aliphatic heterocycles. The van der Waals surface area contributed by atoms with Crippen LogP contribution in [0.5, 0.6) is 11.6 Å². The molecule has 1 N–H and O–H groups in total. The van der Waals surface area contributed by atoms with Crippen LogP contribution in [-0.2, 0) is 0 Å². The summed E-state index contributed by atoms with van der Waals surface area (Å²) in [5.74, 6) is 1.01. The van der Waals surface area contributed by atoms with E-state index in [4.69, 9.17) is 4.74 Å². The van der Waals surface area contributed by atoms with Crippen LogP contribution in [0.4, 0.5) is 0 Å². The van der Waals surface area contributed by atoms with E-state index in [-0.39, 0.29) is 5.56 Å². The molecule has 0 saturated heterocycles. The Labute approximate surface area is 122 Å². The quantitative estimate of drug-likeness (QED) is 0.710. The lowest BCUT2D eigenvalue weighted by Crippen LogP contribution is -2.11. The van der Waals surface area contributed by atoms with Gasteiger partial charge in [-0.05, 0) is 34.0 Å². The lowest BCUT2D eigenvalue weighted by Gasteiger charge is -2.08. The minimum absolute atomic E-state index is 0.203. The predicted octanol–water partition coefficient (Wildman–Crippen LogP) is 3.32. The molecular formula is C14H9IN2O2. The lowest BCUT2D eigenvalue weighted by molar-refractivity contribution is 0.461. The van der Waals surface area contributed by atoms with Gasteiger partial charge < -0.3 is 9.72 Å².